The quantitative estimate of drug-likeness (QED) is 0.748. The summed E-state index contributed by atoms with van der Waals surface area (Å²) in [6, 6.07) is 4.15. The molecule has 0 aromatic heterocycles. The zero-order valence-corrected chi connectivity index (χ0v) is 8.89. The van der Waals surface area contributed by atoms with Gasteiger partial charge >= 0.3 is 6.18 Å². The van der Waals surface area contributed by atoms with E-state index in [1.54, 1.807) is 19.9 Å². The molecule has 0 N–H and O–H groups in total. The van der Waals surface area contributed by atoms with Gasteiger partial charge in [-0.1, -0.05) is 11.6 Å². The maximum absolute atomic E-state index is 12.3. The van der Waals surface area contributed by atoms with E-state index in [9.17, 15) is 18.0 Å². The second-order valence-corrected chi connectivity index (χ2v) is 3.26. The smallest absolute Gasteiger partial charge is 0.455 e. The third kappa shape index (κ3) is 2.74. The summed E-state index contributed by atoms with van der Waals surface area (Å²) in [6.45, 7) is 3.46. The molecule has 0 aliphatic rings. The maximum Gasteiger partial charge on any atom is 0.455 e. The van der Waals surface area contributed by atoms with Crippen molar-refractivity contribution in [2.45, 2.75) is 20.0 Å². The van der Waals surface area contributed by atoms with Crippen LogP contribution in [0.5, 0.6) is 5.75 Å². The van der Waals surface area contributed by atoms with Gasteiger partial charge in [-0.25, -0.2) is 0 Å². The lowest BCUT2D eigenvalue weighted by Gasteiger charge is -2.11. The Morgan fingerprint density at radius 1 is 1.38 bits per heavy atom. The Bertz CT molecular complexity index is 397. The molecule has 1 aromatic rings. The van der Waals surface area contributed by atoms with Crippen molar-refractivity contribution >= 4 is 5.78 Å². The second-order valence-electron chi connectivity index (χ2n) is 3.26. The lowest BCUT2D eigenvalue weighted by Crippen LogP contribution is -2.23. The summed E-state index contributed by atoms with van der Waals surface area (Å²) in [6.07, 6.45) is -4.88. The van der Waals surface area contributed by atoms with Crippen LogP contribution in [0.3, 0.4) is 0 Å². The van der Waals surface area contributed by atoms with Crippen molar-refractivity contribution in [2.75, 3.05) is 6.61 Å². The van der Waals surface area contributed by atoms with Crippen LogP contribution in [-0.2, 0) is 0 Å². The molecule has 0 amide bonds. The van der Waals surface area contributed by atoms with Crippen molar-refractivity contribution < 1.29 is 22.7 Å². The number of hydrogen-bond donors (Lipinski definition) is 0. The maximum atomic E-state index is 12.3. The normalized spacial score (nSPS) is 11.3. The van der Waals surface area contributed by atoms with Gasteiger partial charge in [0.25, 0.3) is 5.78 Å². The minimum atomic E-state index is -4.88. The predicted molar refractivity (Wildman–Crippen MR) is 52.7 cm³/mol. The summed E-state index contributed by atoms with van der Waals surface area (Å²) < 4.78 is 41.8. The van der Waals surface area contributed by atoms with Crippen LogP contribution in [0.4, 0.5) is 13.2 Å². The summed E-state index contributed by atoms with van der Waals surface area (Å²) in [7, 11) is 0. The Kier molecular flexibility index (Phi) is 3.57. The minimum absolute atomic E-state index is 0.0320. The number of carbonyl (C=O) groups is 1. The Labute approximate surface area is 91.0 Å². The minimum Gasteiger partial charge on any atom is -0.493 e. The van der Waals surface area contributed by atoms with E-state index < -0.39 is 17.5 Å². The van der Waals surface area contributed by atoms with E-state index in [-0.39, 0.29) is 12.4 Å². The summed E-state index contributed by atoms with van der Waals surface area (Å²) in [5.41, 5.74) is 0.144. The van der Waals surface area contributed by atoms with Crippen molar-refractivity contribution in [3.05, 3.63) is 29.3 Å². The van der Waals surface area contributed by atoms with Gasteiger partial charge in [0.2, 0.25) is 0 Å². The highest BCUT2D eigenvalue weighted by Gasteiger charge is 2.40. The fourth-order valence-corrected chi connectivity index (χ4v) is 1.26. The summed E-state index contributed by atoms with van der Waals surface area (Å²) in [5, 5.41) is 0. The third-order valence-corrected chi connectivity index (χ3v) is 1.94. The number of aryl methyl sites for hydroxylation is 1. The van der Waals surface area contributed by atoms with Gasteiger partial charge in [-0.2, -0.15) is 13.2 Å². The molecule has 0 bridgehead atoms. The van der Waals surface area contributed by atoms with E-state index in [2.05, 4.69) is 0 Å². The molecular formula is C11H11F3O2. The van der Waals surface area contributed by atoms with E-state index in [4.69, 9.17) is 4.74 Å². The first-order chi connectivity index (χ1) is 7.36. The first-order valence-corrected chi connectivity index (χ1v) is 4.71. The van der Waals surface area contributed by atoms with E-state index in [1.807, 2.05) is 0 Å². The fraction of sp³-hybridized carbons (Fsp3) is 0.364. The molecular weight excluding hydrogens is 221 g/mol. The summed E-state index contributed by atoms with van der Waals surface area (Å²) >= 11 is 0. The monoisotopic (exact) mass is 232 g/mol. The lowest BCUT2D eigenvalue weighted by atomic mass is 10.1. The second kappa shape index (κ2) is 4.55. The van der Waals surface area contributed by atoms with Gasteiger partial charge in [0.15, 0.2) is 0 Å². The van der Waals surface area contributed by atoms with Gasteiger partial charge in [-0.3, -0.25) is 4.79 Å². The predicted octanol–water partition coefficient (Wildman–Crippen LogP) is 3.14. The molecule has 0 atom stereocenters. The van der Waals surface area contributed by atoms with Crippen LogP contribution >= 0.6 is 0 Å². The van der Waals surface area contributed by atoms with E-state index in [1.165, 1.54) is 12.1 Å². The van der Waals surface area contributed by atoms with Crippen LogP contribution < -0.4 is 4.74 Å². The van der Waals surface area contributed by atoms with Crippen LogP contribution in [0, 0.1) is 6.92 Å². The Balaban J connectivity index is 3.19. The van der Waals surface area contributed by atoms with Gasteiger partial charge in [0, 0.05) is 0 Å². The number of ether oxygens (including phenoxy) is 1. The largest absolute Gasteiger partial charge is 0.493 e. The van der Waals surface area contributed by atoms with Crippen LogP contribution in [0.1, 0.15) is 22.8 Å². The van der Waals surface area contributed by atoms with Crippen molar-refractivity contribution in [3.63, 3.8) is 0 Å². The molecule has 1 aromatic carbocycles. The molecule has 0 unspecified atom stereocenters. The number of rotatable bonds is 3. The molecule has 0 aliphatic heterocycles. The first kappa shape index (κ1) is 12.5. The van der Waals surface area contributed by atoms with Crippen LogP contribution in [0.25, 0.3) is 0 Å². The number of benzene rings is 1. The van der Waals surface area contributed by atoms with Crippen LogP contribution in [0.2, 0.25) is 0 Å². The van der Waals surface area contributed by atoms with Crippen LogP contribution in [0.15, 0.2) is 18.2 Å². The van der Waals surface area contributed by atoms with Crippen molar-refractivity contribution in [2.24, 2.45) is 0 Å². The van der Waals surface area contributed by atoms with Gasteiger partial charge < -0.3 is 4.74 Å². The number of hydrogen-bond acceptors (Lipinski definition) is 2. The Morgan fingerprint density at radius 2 is 2.00 bits per heavy atom. The average Bonchev–Trinajstić information content (AvgIpc) is 2.18. The summed E-state index contributed by atoms with van der Waals surface area (Å²) in [5.74, 6) is -1.91. The zero-order valence-electron chi connectivity index (χ0n) is 8.89. The Hall–Kier alpha value is -1.52. The molecule has 0 saturated heterocycles. The Morgan fingerprint density at radius 3 is 2.50 bits per heavy atom. The van der Waals surface area contributed by atoms with Crippen LogP contribution in [-0.4, -0.2) is 18.6 Å². The number of halogens is 3. The topological polar surface area (TPSA) is 26.3 Å². The molecule has 1 rings (SSSR count). The molecule has 0 aliphatic carbocycles. The molecule has 88 valence electrons. The van der Waals surface area contributed by atoms with Gasteiger partial charge in [0.1, 0.15) is 5.75 Å². The highest BCUT2D eigenvalue weighted by molar-refractivity contribution is 6.02. The number of ketones is 1. The van der Waals surface area contributed by atoms with Gasteiger partial charge in [-0.05, 0) is 26.0 Å². The highest BCUT2D eigenvalue weighted by Crippen LogP contribution is 2.28. The van der Waals surface area contributed by atoms with E-state index >= 15 is 0 Å². The van der Waals surface area contributed by atoms with Crippen molar-refractivity contribution in [1.29, 1.82) is 0 Å². The first-order valence-electron chi connectivity index (χ1n) is 4.71. The van der Waals surface area contributed by atoms with Crippen molar-refractivity contribution in [3.8, 4) is 5.75 Å². The fourth-order valence-electron chi connectivity index (χ4n) is 1.26. The lowest BCUT2D eigenvalue weighted by molar-refractivity contribution is -0.0886. The average molecular weight is 232 g/mol. The molecule has 0 fully saturated rings. The molecule has 0 saturated carbocycles. The van der Waals surface area contributed by atoms with Crippen molar-refractivity contribution in [1.82, 2.24) is 0 Å². The number of Topliss-reactive ketones (excluding diaryl/α,β-unsaturated/α-hetero) is 1. The SMILES string of the molecule is CCOc1ccc(C)cc1C(=O)C(F)(F)F. The molecule has 0 heterocycles. The highest BCUT2D eigenvalue weighted by atomic mass is 19.4. The standard InChI is InChI=1S/C11H11F3O2/c1-3-16-9-5-4-7(2)6-8(9)10(15)11(12,13)14/h4-6H,3H2,1-2H3. The van der Waals surface area contributed by atoms with Gasteiger partial charge in [0.05, 0.1) is 12.2 Å². The van der Waals surface area contributed by atoms with E-state index in [0.29, 0.717) is 5.56 Å². The van der Waals surface area contributed by atoms with E-state index in [0.717, 1.165) is 0 Å². The summed E-state index contributed by atoms with van der Waals surface area (Å²) in [4.78, 5) is 11.1. The molecule has 5 heteroatoms. The third-order valence-electron chi connectivity index (χ3n) is 1.94. The molecule has 2 nitrogen and oxygen atoms in total. The molecule has 0 spiro atoms. The van der Waals surface area contributed by atoms with Gasteiger partial charge in [-0.15, -0.1) is 0 Å². The number of carbonyl (C=O) groups excluding carboxylic acids is 1. The number of alkyl halides is 3. The molecule has 16 heavy (non-hydrogen) atoms. The molecule has 0 radical (unpaired) electrons. The zero-order chi connectivity index (χ0) is 12.3.